The van der Waals surface area contributed by atoms with Crippen LogP contribution in [0.4, 0.5) is 5.69 Å². The number of nitrogens with one attached hydrogen (secondary N) is 1. The predicted octanol–water partition coefficient (Wildman–Crippen LogP) is 0.989. The highest BCUT2D eigenvalue weighted by Gasteiger charge is 2.22. The number of para-hydroxylation sites is 1. The number of fused-ring (bicyclic) bond motifs is 1. The van der Waals surface area contributed by atoms with Gasteiger partial charge in [-0.2, -0.15) is 0 Å². The second kappa shape index (κ2) is 3.02. The van der Waals surface area contributed by atoms with Crippen LogP contribution in [-0.4, -0.2) is 28.5 Å². The summed E-state index contributed by atoms with van der Waals surface area (Å²) < 4.78 is 0. The summed E-state index contributed by atoms with van der Waals surface area (Å²) in [6.45, 7) is 0.357. The molecule has 5 heteroatoms. The van der Waals surface area contributed by atoms with Gasteiger partial charge in [0, 0.05) is 5.56 Å². The van der Waals surface area contributed by atoms with E-state index >= 15 is 0 Å². The molecule has 0 aliphatic carbocycles. The van der Waals surface area contributed by atoms with Crippen LogP contribution >= 0.6 is 0 Å². The Labute approximate surface area is 79.7 Å². The van der Waals surface area contributed by atoms with Gasteiger partial charge in [0.15, 0.2) is 0 Å². The average Bonchev–Trinajstić information content (AvgIpc) is 2.59. The van der Waals surface area contributed by atoms with Crippen molar-refractivity contribution < 1.29 is 15.1 Å². The van der Waals surface area contributed by atoms with Gasteiger partial charge in [-0.1, -0.05) is 17.3 Å². The minimum absolute atomic E-state index is 0.196. The zero-order chi connectivity index (χ0) is 10.1. The van der Waals surface area contributed by atoms with E-state index in [0.717, 1.165) is 0 Å². The molecule has 0 aromatic heterocycles. The summed E-state index contributed by atoms with van der Waals surface area (Å²) in [6, 6.07) is 4.85. The van der Waals surface area contributed by atoms with E-state index in [1.807, 2.05) is 0 Å². The maximum atomic E-state index is 10.8. The molecule has 2 rings (SSSR count). The number of oxime groups is 1. The molecule has 1 aromatic rings. The second-order valence-corrected chi connectivity index (χ2v) is 2.93. The number of carboxylic acid groups (broad SMARTS) is 1. The van der Waals surface area contributed by atoms with Crippen molar-refractivity contribution in [3.05, 3.63) is 29.3 Å². The fourth-order valence-corrected chi connectivity index (χ4v) is 1.52. The Kier molecular flexibility index (Phi) is 1.85. The van der Waals surface area contributed by atoms with Crippen molar-refractivity contribution in [2.24, 2.45) is 5.16 Å². The Morgan fingerprint density at radius 2 is 2.29 bits per heavy atom. The SMILES string of the molecule is O=C(O)c1cccc2c1NCC2=NO. The summed E-state index contributed by atoms with van der Waals surface area (Å²) in [7, 11) is 0. The topological polar surface area (TPSA) is 81.9 Å². The molecule has 0 fully saturated rings. The van der Waals surface area contributed by atoms with Gasteiger partial charge < -0.3 is 15.6 Å². The number of rotatable bonds is 1. The molecule has 1 heterocycles. The molecule has 0 radical (unpaired) electrons. The van der Waals surface area contributed by atoms with Gasteiger partial charge in [-0.05, 0) is 6.07 Å². The summed E-state index contributed by atoms with van der Waals surface area (Å²) in [5.41, 5.74) is 1.82. The third-order valence-electron chi connectivity index (χ3n) is 2.16. The number of aromatic carboxylic acids is 1. The molecule has 1 aliphatic rings. The van der Waals surface area contributed by atoms with Crippen LogP contribution in [0.1, 0.15) is 15.9 Å². The molecule has 0 bridgehead atoms. The number of nitrogens with zero attached hydrogens (tertiary/aromatic N) is 1. The number of hydrogen-bond acceptors (Lipinski definition) is 4. The molecule has 0 unspecified atom stereocenters. The number of benzene rings is 1. The Balaban J connectivity index is 2.61. The van der Waals surface area contributed by atoms with Gasteiger partial charge in [-0.3, -0.25) is 0 Å². The first kappa shape index (κ1) is 8.55. The van der Waals surface area contributed by atoms with Crippen LogP contribution in [0, 0.1) is 0 Å². The Morgan fingerprint density at radius 3 is 2.93 bits per heavy atom. The van der Waals surface area contributed by atoms with Crippen LogP contribution < -0.4 is 5.32 Å². The van der Waals surface area contributed by atoms with Crippen molar-refractivity contribution in [3.63, 3.8) is 0 Å². The first-order valence-electron chi connectivity index (χ1n) is 4.05. The molecule has 0 amide bonds. The summed E-state index contributed by atoms with van der Waals surface area (Å²) in [6.07, 6.45) is 0. The number of anilines is 1. The lowest BCUT2D eigenvalue weighted by atomic mass is 10.1. The monoisotopic (exact) mass is 192 g/mol. The van der Waals surface area contributed by atoms with E-state index in [4.69, 9.17) is 10.3 Å². The molecule has 72 valence electrons. The molecule has 1 aromatic carbocycles. The summed E-state index contributed by atoms with van der Waals surface area (Å²) in [5, 5.41) is 23.5. The second-order valence-electron chi connectivity index (χ2n) is 2.93. The normalized spacial score (nSPS) is 16.4. The molecule has 0 atom stereocenters. The van der Waals surface area contributed by atoms with Gasteiger partial charge >= 0.3 is 5.97 Å². The van der Waals surface area contributed by atoms with Crippen LogP contribution in [-0.2, 0) is 0 Å². The Bertz CT molecular complexity index is 426. The molecular weight excluding hydrogens is 184 g/mol. The molecule has 3 N–H and O–H groups in total. The largest absolute Gasteiger partial charge is 0.478 e. The van der Waals surface area contributed by atoms with E-state index in [1.165, 1.54) is 6.07 Å². The van der Waals surface area contributed by atoms with Gasteiger partial charge in [0.05, 0.1) is 17.8 Å². The van der Waals surface area contributed by atoms with E-state index in [9.17, 15) is 4.79 Å². The Morgan fingerprint density at radius 1 is 1.50 bits per heavy atom. The average molecular weight is 192 g/mol. The van der Waals surface area contributed by atoms with E-state index < -0.39 is 5.97 Å². The third-order valence-corrected chi connectivity index (χ3v) is 2.16. The van der Waals surface area contributed by atoms with E-state index in [0.29, 0.717) is 23.5 Å². The fraction of sp³-hybridized carbons (Fsp3) is 0.111. The predicted molar refractivity (Wildman–Crippen MR) is 50.2 cm³/mol. The van der Waals surface area contributed by atoms with Crippen LogP contribution in [0.2, 0.25) is 0 Å². The number of hydrogen-bond donors (Lipinski definition) is 3. The summed E-state index contributed by atoms with van der Waals surface area (Å²) >= 11 is 0. The maximum Gasteiger partial charge on any atom is 0.337 e. The van der Waals surface area contributed by atoms with Gasteiger partial charge in [-0.25, -0.2) is 4.79 Å². The lowest BCUT2D eigenvalue weighted by molar-refractivity contribution is 0.0698. The van der Waals surface area contributed by atoms with Crippen molar-refractivity contribution in [2.45, 2.75) is 0 Å². The zero-order valence-corrected chi connectivity index (χ0v) is 7.19. The third kappa shape index (κ3) is 1.10. The van der Waals surface area contributed by atoms with E-state index in [-0.39, 0.29) is 5.56 Å². The fourth-order valence-electron chi connectivity index (χ4n) is 1.52. The van der Waals surface area contributed by atoms with Crippen LogP contribution in [0.3, 0.4) is 0 Å². The van der Waals surface area contributed by atoms with Gasteiger partial charge in [-0.15, -0.1) is 0 Å². The lowest BCUT2D eigenvalue weighted by Crippen LogP contribution is -2.03. The van der Waals surface area contributed by atoms with Crippen LogP contribution in [0.5, 0.6) is 0 Å². The maximum absolute atomic E-state index is 10.8. The quantitative estimate of drug-likeness (QED) is 0.457. The standard InChI is InChI=1S/C9H8N2O3/c12-9(13)6-3-1-2-5-7(11-14)4-10-8(5)6/h1-3,10,14H,4H2,(H,12,13). The highest BCUT2D eigenvalue weighted by atomic mass is 16.4. The van der Waals surface area contributed by atoms with Gasteiger partial charge in [0.25, 0.3) is 0 Å². The zero-order valence-electron chi connectivity index (χ0n) is 7.19. The Hall–Kier alpha value is -2.04. The molecule has 1 aliphatic heterocycles. The minimum atomic E-state index is -0.992. The smallest absolute Gasteiger partial charge is 0.337 e. The summed E-state index contributed by atoms with van der Waals surface area (Å²) in [5.74, 6) is -0.992. The molecule has 0 saturated carbocycles. The van der Waals surface area contributed by atoms with Crippen molar-refractivity contribution in [3.8, 4) is 0 Å². The molecule has 0 spiro atoms. The highest BCUT2D eigenvalue weighted by Crippen LogP contribution is 2.26. The lowest BCUT2D eigenvalue weighted by Gasteiger charge is -2.02. The number of carboxylic acids is 1. The van der Waals surface area contributed by atoms with Crippen molar-refractivity contribution in [1.29, 1.82) is 0 Å². The van der Waals surface area contributed by atoms with Crippen LogP contribution in [0.25, 0.3) is 0 Å². The van der Waals surface area contributed by atoms with Gasteiger partial charge in [0.2, 0.25) is 0 Å². The van der Waals surface area contributed by atoms with E-state index in [1.54, 1.807) is 12.1 Å². The van der Waals surface area contributed by atoms with Gasteiger partial charge in [0.1, 0.15) is 5.71 Å². The van der Waals surface area contributed by atoms with Crippen molar-refractivity contribution >= 4 is 17.4 Å². The van der Waals surface area contributed by atoms with Crippen molar-refractivity contribution in [1.82, 2.24) is 0 Å². The highest BCUT2D eigenvalue weighted by molar-refractivity contribution is 6.14. The molecule has 14 heavy (non-hydrogen) atoms. The first-order chi connectivity index (χ1) is 6.74. The number of carbonyl (C=O) groups is 1. The molecule has 0 saturated heterocycles. The summed E-state index contributed by atoms with van der Waals surface area (Å²) in [4.78, 5) is 10.8. The van der Waals surface area contributed by atoms with Crippen LogP contribution in [0.15, 0.2) is 23.4 Å². The molecular formula is C9H8N2O3. The van der Waals surface area contributed by atoms with Crippen molar-refractivity contribution in [2.75, 3.05) is 11.9 Å². The first-order valence-corrected chi connectivity index (χ1v) is 4.05. The minimum Gasteiger partial charge on any atom is -0.478 e. The van der Waals surface area contributed by atoms with E-state index in [2.05, 4.69) is 10.5 Å². The molecule has 5 nitrogen and oxygen atoms in total.